The van der Waals surface area contributed by atoms with Gasteiger partial charge >= 0.3 is 0 Å². The fourth-order valence-electron chi connectivity index (χ4n) is 1.51. The molecule has 0 aliphatic carbocycles. The van der Waals surface area contributed by atoms with Gasteiger partial charge in [-0.3, -0.25) is 4.98 Å². The molecule has 0 spiro atoms. The Morgan fingerprint density at radius 3 is 2.86 bits per heavy atom. The highest BCUT2D eigenvalue weighted by molar-refractivity contribution is 6.02. The molecule has 0 amide bonds. The van der Waals surface area contributed by atoms with Crippen molar-refractivity contribution in [3.8, 4) is 5.75 Å². The molecular weight excluding hydrogens is 180 g/mol. The summed E-state index contributed by atoms with van der Waals surface area (Å²) in [6, 6.07) is 1.60. The lowest BCUT2D eigenvalue weighted by molar-refractivity contribution is 0.481. The molecule has 2 N–H and O–H groups in total. The monoisotopic (exact) mass is 186 g/mol. The Labute approximate surface area is 78.5 Å². The fraction of sp³-hybridized carbons (Fsp3) is 0. The second kappa shape index (κ2) is 2.41. The number of rotatable bonds is 0. The Bertz CT molecular complexity index is 616. The molecule has 5 heteroatoms. The van der Waals surface area contributed by atoms with E-state index in [1.807, 2.05) is 0 Å². The largest absolute Gasteiger partial charge is 0.506 e. The molecule has 0 saturated carbocycles. The van der Waals surface area contributed by atoms with Crippen LogP contribution in [0.1, 0.15) is 0 Å². The molecule has 0 aliphatic heterocycles. The quantitative estimate of drug-likeness (QED) is 0.553. The summed E-state index contributed by atoms with van der Waals surface area (Å²) in [5.74, 6) is 0.120. The Morgan fingerprint density at radius 1 is 1.07 bits per heavy atom. The van der Waals surface area contributed by atoms with Crippen molar-refractivity contribution in [2.45, 2.75) is 0 Å². The molecule has 3 aromatic rings. The first-order valence-corrected chi connectivity index (χ1v) is 4.12. The molecule has 0 atom stereocenters. The van der Waals surface area contributed by atoms with Crippen molar-refractivity contribution in [1.82, 2.24) is 19.9 Å². The van der Waals surface area contributed by atoms with Gasteiger partial charge in [0.15, 0.2) is 0 Å². The van der Waals surface area contributed by atoms with Crippen LogP contribution in [-0.4, -0.2) is 25.0 Å². The molecule has 0 aliphatic rings. The molecule has 0 radical (unpaired) electrons. The average molecular weight is 186 g/mol. The minimum Gasteiger partial charge on any atom is -0.506 e. The maximum Gasteiger partial charge on any atom is 0.145 e. The number of aromatic amines is 1. The summed E-state index contributed by atoms with van der Waals surface area (Å²) < 4.78 is 0. The van der Waals surface area contributed by atoms with Crippen molar-refractivity contribution in [2.24, 2.45) is 0 Å². The highest BCUT2D eigenvalue weighted by atomic mass is 16.3. The number of nitrogens with zero attached hydrogens (tertiary/aromatic N) is 3. The normalized spacial score (nSPS) is 11.1. The minimum atomic E-state index is 0.120. The zero-order chi connectivity index (χ0) is 9.54. The molecule has 0 saturated heterocycles. The zero-order valence-corrected chi connectivity index (χ0v) is 7.10. The molecule has 0 bridgehead atoms. The fourth-order valence-corrected chi connectivity index (χ4v) is 1.51. The summed E-state index contributed by atoms with van der Waals surface area (Å²) in [6.07, 6.45) is 4.76. The Kier molecular flexibility index (Phi) is 1.25. The topological polar surface area (TPSA) is 74.7 Å². The maximum absolute atomic E-state index is 9.61. The van der Waals surface area contributed by atoms with E-state index in [9.17, 15) is 5.11 Å². The van der Waals surface area contributed by atoms with Gasteiger partial charge in [-0.2, -0.15) is 0 Å². The van der Waals surface area contributed by atoms with Gasteiger partial charge in [0.2, 0.25) is 0 Å². The van der Waals surface area contributed by atoms with E-state index in [1.54, 1.807) is 18.5 Å². The van der Waals surface area contributed by atoms with Crippen molar-refractivity contribution in [1.29, 1.82) is 0 Å². The number of imidazole rings is 1. The number of phenolic OH excluding ortho intramolecular Hbond substituents is 1. The number of fused-ring (bicyclic) bond motifs is 3. The van der Waals surface area contributed by atoms with E-state index in [0.29, 0.717) is 11.0 Å². The van der Waals surface area contributed by atoms with Gasteiger partial charge < -0.3 is 10.1 Å². The molecule has 0 unspecified atom stereocenters. The molecule has 68 valence electrons. The SMILES string of the molecule is Oc1cc2[nH]ccnc2c2ncnc12. The third-order valence-electron chi connectivity index (χ3n) is 2.12. The van der Waals surface area contributed by atoms with Crippen LogP contribution in [0.25, 0.3) is 22.1 Å². The van der Waals surface area contributed by atoms with Crippen LogP contribution in [0.15, 0.2) is 24.8 Å². The standard InChI is InChI=1S/C9H6N4O/c14-6-3-5-7(11-2-1-10-5)9-8(6)12-4-13-9/h1-4,10,14H. The molecule has 5 nitrogen and oxygen atoms in total. The van der Waals surface area contributed by atoms with Crippen LogP contribution in [0.4, 0.5) is 0 Å². The van der Waals surface area contributed by atoms with Gasteiger partial charge in [0.1, 0.15) is 28.6 Å². The molecule has 2 aromatic heterocycles. The first kappa shape index (κ1) is 7.25. The van der Waals surface area contributed by atoms with Gasteiger partial charge in [-0.25, -0.2) is 9.97 Å². The first-order valence-electron chi connectivity index (χ1n) is 4.12. The van der Waals surface area contributed by atoms with Crippen molar-refractivity contribution in [3.63, 3.8) is 0 Å². The summed E-state index contributed by atoms with van der Waals surface area (Å²) in [7, 11) is 0. The van der Waals surface area contributed by atoms with Crippen LogP contribution in [0.3, 0.4) is 0 Å². The molecule has 0 fully saturated rings. The number of aromatic nitrogens is 4. The lowest BCUT2D eigenvalue weighted by Gasteiger charge is -1.98. The first-order chi connectivity index (χ1) is 6.86. The smallest absolute Gasteiger partial charge is 0.145 e. The maximum atomic E-state index is 9.61. The Morgan fingerprint density at radius 2 is 1.93 bits per heavy atom. The number of hydrogen-bond acceptors (Lipinski definition) is 4. The second-order valence-corrected chi connectivity index (χ2v) is 2.95. The van der Waals surface area contributed by atoms with E-state index in [4.69, 9.17) is 0 Å². The Balaban J connectivity index is 2.66. The van der Waals surface area contributed by atoms with Crippen molar-refractivity contribution < 1.29 is 5.11 Å². The van der Waals surface area contributed by atoms with Crippen molar-refractivity contribution in [3.05, 3.63) is 24.8 Å². The zero-order valence-electron chi connectivity index (χ0n) is 7.10. The van der Waals surface area contributed by atoms with Gasteiger partial charge in [-0.1, -0.05) is 0 Å². The highest BCUT2D eigenvalue weighted by Gasteiger charge is 2.09. The molecule has 2 heterocycles. The van der Waals surface area contributed by atoms with E-state index in [1.165, 1.54) is 6.33 Å². The van der Waals surface area contributed by atoms with E-state index < -0.39 is 0 Å². The molecule has 14 heavy (non-hydrogen) atoms. The number of nitrogens with one attached hydrogen (secondary N) is 1. The van der Waals surface area contributed by atoms with Crippen molar-refractivity contribution in [2.75, 3.05) is 0 Å². The second-order valence-electron chi connectivity index (χ2n) is 2.95. The number of phenols is 1. The molecule has 3 rings (SSSR count). The molecule has 1 aromatic carbocycles. The van der Waals surface area contributed by atoms with Gasteiger partial charge in [0.25, 0.3) is 0 Å². The third kappa shape index (κ3) is 0.806. The van der Waals surface area contributed by atoms with Crippen molar-refractivity contribution >= 4 is 22.1 Å². The van der Waals surface area contributed by atoms with Crippen LogP contribution in [0.5, 0.6) is 5.75 Å². The van der Waals surface area contributed by atoms with Crippen LogP contribution < -0.4 is 0 Å². The van der Waals surface area contributed by atoms with Crippen LogP contribution >= 0.6 is 0 Å². The minimum absolute atomic E-state index is 0.120. The average Bonchev–Trinajstić information content (AvgIpc) is 2.67. The van der Waals surface area contributed by atoms with Gasteiger partial charge in [0.05, 0.1) is 5.52 Å². The third-order valence-corrected chi connectivity index (χ3v) is 2.12. The van der Waals surface area contributed by atoms with E-state index in [0.717, 1.165) is 11.0 Å². The Hall–Kier alpha value is -2.17. The predicted molar refractivity (Wildman–Crippen MR) is 50.9 cm³/mol. The van der Waals surface area contributed by atoms with Gasteiger partial charge in [-0.15, -0.1) is 0 Å². The van der Waals surface area contributed by atoms with E-state index in [2.05, 4.69) is 19.9 Å². The summed E-state index contributed by atoms with van der Waals surface area (Å²) in [5, 5.41) is 9.61. The van der Waals surface area contributed by atoms with E-state index in [-0.39, 0.29) is 5.75 Å². The lowest BCUT2D eigenvalue weighted by Crippen LogP contribution is -1.84. The van der Waals surface area contributed by atoms with Crippen LogP contribution in [0.2, 0.25) is 0 Å². The van der Waals surface area contributed by atoms with Gasteiger partial charge in [0, 0.05) is 18.5 Å². The van der Waals surface area contributed by atoms with Crippen LogP contribution in [0, 0.1) is 0 Å². The van der Waals surface area contributed by atoms with Crippen LogP contribution in [-0.2, 0) is 0 Å². The molecular formula is C9H6N4O. The van der Waals surface area contributed by atoms with E-state index >= 15 is 0 Å². The number of H-pyrrole nitrogens is 1. The lowest BCUT2D eigenvalue weighted by atomic mass is 10.2. The summed E-state index contributed by atoms with van der Waals surface area (Å²) in [6.45, 7) is 0. The number of hydrogen-bond donors (Lipinski definition) is 2. The summed E-state index contributed by atoms with van der Waals surface area (Å²) >= 11 is 0. The number of benzene rings is 1. The summed E-state index contributed by atoms with van der Waals surface area (Å²) in [4.78, 5) is 15.2. The number of aromatic hydroxyl groups is 1. The predicted octanol–water partition coefficient (Wildman–Crippen LogP) is 1.21. The highest BCUT2D eigenvalue weighted by Crippen LogP contribution is 2.27. The summed E-state index contributed by atoms with van der Waals surface area (Å²) in [5.41, 5.74) is 2.58. The van der Waals surface area contributed by atoms with Gasteiger partial charge in [-0.05, 0) is 0 Å².